The minimum absolute atomic E-state index is 0.0302. The molecule has 1 aliphatic heterocycles. The molecule has 2 N–H and O–H groups in total. The SMILES string of the molecule is COC[C@H]1CN(c2ccc3c(=O)n(CCc4ccc(C(N)=O)cc4C)c(C)nc3c2)CCO1. The topological polar surface area (TPSA) is 99.7 Å². The fourth-order valence-corrected chi connectivity index (χ4v) is 4.38. The summed E-state index contributed by atoms with van der Waals surface area (Å²) in [7, 11) is 1.67. The molecule has 0 saturated carbocycles. The van der Waals surface area contributed by atoms with Crippen LogP contribution in [0.2, 0.25) is 0 Å². The Kier molecular flexibility index (Phi) is 6.76. The predicted molar refractivity (Wildman–Crippen MR) is 128 cm³/mol. The molecule has 4 rings (SSSR count). The minimum Gasteiger partial charge on any atom is -0.382 e. The lowest BCUT2D eigenvalue weighted by atomic mass is 10.0. The van der Waals surface area contributed by atoms with Crippen LogP contribution in [0.5, 0.6) is 0 Å². The number of methoxy groups -OCH3 is 1. The predicted octanol–water partition coefficient (Wildman–Crippen LogP) is 2.21. The molecule has 8 nitrogen and oxygen atoms in total. The second kappa shape index (κ2) is 9.72. The normalized spacial score (nSPS) is 16.3. The number of hydrogen-bond donors (Lipinski definition) is 1. The van der Waals surface area contributed by atoms with Gasteiger partial charge in [-0.15, -0.1) is 0 Å². The van der Waals surface area contributed by atoms with Gasteiger partial charge in [-0.25, -0.2) is 4.98 Å². The number of amides is 1. The molecule has 8 heteroatoms. The Hall–Kier alpha value is -3.23. The third-order valence-corrected chi connectivity index (χ3v) is 6.22. The highest BCUT2D eigenvalue weighted by Crippen LogP contribution is 2.22. The summed E-state index contributed by atoms with van der Waals surface area (Å²) in [5, 5.41) is 0.604. The molecule has 1 atom stereocenters. The second-order valence-corrected chi connectivity index (χ2v) is 8.47. The van der Waals surface area contributed by atoms with Crippen LogP contribution < -0.4 is 16.2 Å². The van der Waals surface area contributed by atoms with Crippen LogP contribution in [0.1, 0.15) is 27.3 Å². The summed E-state index contributed by atoms with van der Waals surface area (Å²) in [4.78, 5) is 31.6. The number of aromatic nitrogens is 2. The van der Waals surface area contributed by atoms with Crippen LogP contribution >= 0.6 is 0 Å². The van der Waals surface area contributed by atoms with E-state index in [1.165, 1.54) is 0 Å². The van der Waals surface area contributed by atoms with E-state index in [0.29, 0.717) is 48.5 Å². The molecule has 0 aliphatic carbocycles. The summed E-state index contributed by atoms with van der Waals surface area (Å²) in [6.07, 6.45) is 0.689. The molecule has 1 saturated heterocycles. The first kappa shape index (κ1) is 22.9. The van der Waals surface area contributed by atoms with Gasteiger partial charge in [-0.1, -0.05) is 6.07 Å². The highest BCUT2D eigenvalue weighted by Gasteiger charge is 2.21. The van der Waals surface area contributed by atoms with Crippen LogP contribution in [-0.2, 0) is 22.4 Å². The highest BCUT2D eigenvalue weighted by molar-refractivity contribution is 5.93. The lowest BCUT2D eigenvalue weighted by molar-refractivity contribution is -0.0100. The summed E-state index contributed by atoms with van der Waals surface area (Å²) in [5.41, 5.74) is 9.58. The number of hydrogen-bond acceptors (Lipinski definition) is 6. The zero-order chi connectivity index (χ0) is 23.5. The molecule has 1 amide bonds. The number of morpholine rings is 1. The molecule has 2 heterocycles. The van der Waals surface area contributed by atoms with Gasteiger partial charge >= 0.3 is 0 Å². The maximum atomic E-state index is 13.2. The van der Waals surface area contributed by atoms with Crippen LogP contribution in [0.15, 0.2) is 41.2 Å². The smallest absolute Gasteiger partial charge is 0.261 e. The van der Waals surface area contributed by atoms with Gasteiger partial charge in [0.25, 0.3) is 5.56 Å². The van der Waals surface area contributed by atoms with Crippen molar-refractivity contribution in [2.45, 2.75) is 32.9 Å². The average molecular weight is 451 g/mol. The van der Waals surface area contributed by atoms with Gasteiger partial charge in [0.1, 0.15) is 5.82 Å². The summed E-state index contributed by atoms with van der Waals surface area (Å²) in [6.45, 7) is 7.03. The maximum Gasteiger partial charge on any atom is 0.261 e. The molecule has 0 radical (unpaired) electrons. The monoisotopic (exact) mass is 450 g/mol. The Bertz CT molecular complexity index is 1240. The molecule has 0 bridgehead atoms. The van der Waals surface area contributed by atoms with Crippen LogP contribution in [0.25, 0.3) is 10.9 Å². The summed E-state index contributed by atoms with van der Waals surface area (Å²) < 4.78 is 12.7. The van der Waals surface area contributed by atoms with E-state index in [2.05, 4.69) is 4.90 Å². The third-order valence-electron chi connectivity index (χ3n) is 6.22. The number of carbonyl (C=O) groups excluding carboxylic acids is 1. The fraction of sp³-hybridized carbons (Fsp3) is 0.400. The number of carbonyl (C=O) groups is 1. The third kappa shape index (κ3) is 4.91. The van der Waals surface area contributed by atoms with Gasteiger partial charge in [0.15, 0.2) is 0 Å². The molecule has 33 heavy (non-hydrogen) atoms. The van der Waals surface area contributed by atoms with Crippen molar-refractivity contribution in [3.05, 3.63) is 69.3 Å². The van der Waals surface area contributed by atoms with Crippen molar-refractivity contribution < 1.29 is 14.3 Å². The number of nitrogens with two attached hydrogens (primary N) is 1. The van der Waals surface area contributed by atoms with Crippen LogP contribution in [-0.4, -0.2) is 55.0 Å². The summed E-state index contributed by atoms with van der Waals surface area (Å²) >= 11 is 0. The van der Waals surface area contributed by atoms with Crippen LogP contribution in [0.4, 0.5) is 5.69 Å². The van der Waals surface area contributed by atoms with E-state index in [1.807, 2.05) is 38.1 Å². The lowest BCUT2D eigenvalue weighted by Crippen LogP contribution is -2.44. The molecule has 3 aromatic rings. The molecule has 1 aliphatic rings. The molecule has 0 spiro atoms. The quantitative estimate of drug-likeness (QED) is 0.593. The number of anilines is 1. The highest BCUT2D eigenvalue weighted by atomic mass is 16.5. The first-order valence-corrected chi connectivity index (χ1v) is 11.1. The number of nitrogens with zero attached hydrogens (tertiary/aromatic N) is 3. The van der Waals surface area contributed by atoms with Crippen molar-refractivity contribution in [2.75, 3.05) is 38.3 Å². The van der Waals surface area contributed by atoms with E-state index < -0.39 is 5.91 Å². The van der Waals surface area contributed by atoms with Gasteiger partial charge in [0.2, 0.25) is 5.91 Å². The summed E-state index contributed by atoms with van der Waals surface area (Å²) in [5.74, 6) is 0.233. The Morgan fingerprint density at radius 2 is 2.06 bits per heavy atom. The Balaban J connectivity index is 1.57. The van der Waals surface area contributed by atoms with E-state index in [4.69, 9.17) is 20.2 Å². The van der Waals surface area contributed by atoms with E-state index in [-0.39, 0.29) is 11.7 Å². The van der Waals surface area contributed by atoms with Crippen LogP contribution in [0.3, 0.4) is 0 Å². The van der Waals surface area contributed by atoms with Gasteiger partial charge in [0, 0.05) is 38.0 Å². The Labute approximate surface area is 192 Å². The van der Waals surface area contributed by atoms with Gasteiger partial charge in [0.05, 0.1) is 30.2 Å². The molecule has 1 aromatic heterocycles. The Morgan fingerprint density at radius 1 is 1.24 bits per heavy atom. The molecular formula is C25H30N4O4. The van der Waals surface area contributed by atoms with E-state index in [1.54, 1.807) is 23.8 Å². The van der Waals surface area contributed by atoms with Gasteiger partial charge in [-0.05, 0) is 61.7 Å². The maximum absolute atomic E-state index is 13.2. The molecule has 1 fully saturated rings. The molecular weight excluding hydrogens is 420 g/mol. The van der Waals surface area contributed by atoms with Gasteiger partial charge < -0.3 is 20.1 Å². The number of aryl methyl sites for hydroxylation is 3. The van der Waals surface area contributed by atoms with Crippen LogP contribution in [0, 0.1) is 13.8 Å². The van der Waals surface area contributed by atoms with E-state index in [0.717, 1.165) is 29.9 Å². The van der Waals surface area contributed by atoms with Gasteiger partial charge in [-0.2, -0.15) is 0 Å². The lowest BCUT2D eigenvalue weighted by Gasteiger charge is -2.34. The number of ether oxygens (including phenoxy) is 2. The zero-order valence-electron chi connectivity index (χ0n) is 19.3. The van der Waals surface area contributed by atoms with Crippen molar-refractivity contribution in [2.24, 2.45) is 5.73 Å². The first-order valence-electron chi connectivity index (χ1n) is 11.1. The van der Waals surface area contributed by atoms with Crippen molar-refractivity contribution >= 4 is 22.5 Å². The molecule has 174 valence electrons. The van der Waals surface area contributed by atoms with E-state index >= 15 is 0 Å². The number of benzene rings is 2. The number of primary amides is 1. The zero-order valence-corrected chi connectivity index (χ0v) is 19.3. The fourth-order valence-electron chi connectivity index (χ4n) is 4.38. The van der Waals surface area contributed by atoms with Gasteiger partial charge in [-0.3, -0.25) is 14.2 Å². The first-order chi connectivity index (χ1) is 15.9. The molecule has 0 unspecified atom stereocenters. The van der Waals surface area contributed by atoms with Crippen molar-refractivity contribution in [1.82, 2.24) is 9.55 Å². The largest absolute Gasteiger partial charge is 0.382 e. The second-order valence-electron chi connectivity index (χ2n) is 8.47. The Morgan fingerprint density at radius 3 is 2.79 bits per heavy atom. The summed E-state index contributed by atoms with van der Waals surface area (Å²) in [6, 6.07) is 11.2. The molecule has 2 aromatic carbocycles. The van der Waals surface area contributed by atoms with Crippen molar-refractivity contribution in [3.8, 4) is 0 Å². The van der Waals surface area contributed by atoms with Crippen molar-refractivity contribution in [1.29, 1.82) is 0 Å². The standard InChI is InChI=1S/C25H30N4O4/c1-16-12-19(24(26)30)5-4-18(16)8-9-29-17(2)27-23-13-20(6-7-22(23)25(29)31)28-10-11-33-21(14-28)15-32-3/h4-7,12-13,21H,8-11,14-15H2,1-3H3,(H2,26,30)/t21-/m1/s1. The minimum atomic E-state index is -0.443. The van der Waals surface area contributed by atoms with Crippen molar-refractivity contribution in [3.63, 3.8) is 0 Å². The van der Waals surface area contributed by atoms with E-state index in [9.17, 15) is 9.59 Å². The number of fused-ring (bicyclic) bond motifs is 1. The average Bonchev–Trinajstić information content (AvgIpc) is 2.79. The number of rotatable bonds is 7.